The summed E-state index contributed by atoms with van der Waals surface area (Å²) >= 11 is 0. The van der Waals surface area contributed by atoms with E-state index in [2.05, 4.69) is 0 Å². The van der Waals surface area contributed by atoms with Gasteiger partial charge < -0.3 is 14.4 Å². The Morgan fingerprint density at radius 3 is 2.52 bits per heavy atom. The first-order chi connectivity index (χ1) is 12.0. The molecule has 5 nitrogen and oxygen atoms in total. The van der Waals surface area contributed by atoms with Crippen LogP contribution in [0.25, 0.3) is 0 Å². The number of rotatable bonds is 4. The molecule has 0 unspecified atom stereocenters. The number of ether oxygens (including phenoxy) is 2. The minimum atomic E-state index is -0.370. The number of hydrogen-bond donors (Lipinski definition) is 0. The average molecular weight is 339 g/mol. The number of esters is 1. The highest BCUT2D eigenvalue weighted by Crippen LogP contribution is 2.29. The van der Waals surface area contributed by atoms with E-state index in [1.165, 1.54) is 7.11 Å². The second kappa shape index (κ2) is 6.97. The molecule has 0 fully saturated rings. The molecule has 0 bridgehead atoms. The smallest absolute Gasteiger partial charge is 0.337 e. The van der Waals surface area contributed by atoms with Crippen molar-refractivity contribution in [3.63, 3.8) is 0 Å². The molecule has 1 heterocycles. The molecule has 0 atom stereocenters. The first-order valence-corrected chi connectivity index (χ1v) is 8.22. The Labute approximate surface area is 147 Å². The number of para-hydroxylation sites is 1. The third kappa shape index (κ3) is 3.36. The van der Waals surface area contributed by atoms with Gasteiger partial charge in [0.2, 0.25) is 0 Å². The Bertz CT molecular complexity index is 808. The lowest BCUT2D eigenvalue weighted by molar-refractivity contribution is -0.120. The number of carbonyl (C=O) groups excluding carboxylic acids is 2. The number of nitrogens with zero attached hydrogens (tertiary/aromatic N) is 1. The molecule has 0 aromatic heterocycles. The number of carbonyl (C=O) groups is 2. The molecule has 0 saturated carbocycles. The largest absolute Gasteiger partial charge is 0.483 e. The number of anilines is 1. The van der Waals surface area contributed by atoms with Crippen LogP contribution in [0.1, 0.15) is 27.0 Å². The summed E-state index contributed by atoms with van der Waals surface area (Å²) in [4.78, 5) is 25.9. The third-order valence-corrected chi connectivity index (χ3v) is 4.45. The molecule has 130 valence electrons. The number of benzene rings is 2. The van der Waals surface area contributed by atoms with E-state index in [0.29, 0.717) is 12.1 Å². The Morgan fingerprint density at radius 2 is 1.84 bits per heavy atom. The van der Waals surface area contributed by atoms with Crippen LogP contribution in [0.4, 0.5) is 5.69 Å². The Balaban J connectivity index is 1.72. The molecule has 25 heavy (non-hydrogen) atoms. The summed E-state index contributed by atoms with van der Waals surface area (Å²) in [7, 11) is 1.36. The van der Waals surface area contributed by atoms with Crippen LogP contribution < -0.4 is 9.64 Å². The van der Waals surface area contributed by atoms with Gasteiger partial charge in [-0.2, -0.15) is 0 Å². The normalized spacial score (nSPS) is 12.7. The molecule has 5 heteroatoms. The van der Waals surface area contributed by atoms with Gasteiger partial charge in [0.15, 0.2) is 6.61 Å². The van der Waals surface area contributed by atoms with Crippen molar-refractivity contribution in [2.45, 2.75) is 20.3 Å². The van der Waals surface area contributed by atoms with Crippen molar-refractivity contribution in [1.29, 1.82) is 0 Å². The number of amides is 1. The molecule has 1 aliphatic heterocycles. The number of methoxy groups -OCH3 is 1. The first-order valence-electron chi connectivity index (χ1n) is 8.22. The fraction of sp³-hybridized carbons (Fsp3) is 0.300. The van der Waals surface area contributed by atoms with Gasteiger partial charge in [0.1, 0.15) is 5.75 Å². The first kappa shape index (κ1) is 17.0. The molecule has 1 amide bonds. The molecule has 0 aliphatic carbocycles. The highest BCUT2D eigenvalue weighted by atomic mass is 16.5. The number of aryl methyl sites for hydroxylation is 2. The molecule has 1 aliphatic rings. The second-order valence-corrected chi connectivity index (χ2v) is 6.14. The Hall–Kier alpha value is -2.82. The predicted molar refractivity (Wildman–Crippen MR) is 95.2 cm³/mol. The van der Waals surface area contributed by atoms with Crippen LogP contribution in [0.2, 0.25) is 0 Å². The molecule has 0 spiro atoms. The third-order valence-electron chi connectivity index (χ3n) is 4.45. The summed E-state index contributed by atoms with van der Waals surface area (Å²) in [6, 6.07) is 11.2. The fourth-order valence-electron chi connectivity index (χ4n) is 3.14. The average Bonchev–Trinajstić information content (AvgIpc) is 3.03. The lowest BCUT2D eigenvalue weighted by Crippen LogP contribution is -2.33. The molecule has 0 radical (unpaired) electrons. The van der Waals surface area contributed by atoms with E-state index in [4.69, 9.17) is 9.47 Å². The summed E-state index contributed by atoms with van der Waals surface area (Å²) in [5, 5.41) is 0. The summed E-state index contributed by atoms with van der Waals surface area (Å²) in [5.41, 5.74) is 4.34. The van der Waals surface area contributed by atoms with Gasteiger partial charge in [0.25, 0.3) is 5.91 Å². The van der Waals surface area contributed by atoms with E-state index < -0.39 is 0 Å². The van der Waals surface area contributed by atoms with Crippen molar-refractivity contribution < 1.29 is 19.1 Å². The SMILES string of the molecule is COC(=O)c1ccc2c(c1)CCN2C(=O)COc1c(C)cccc1C. The Morgan fingerprint density at radius 1 is 1.12 bits per heavy atom. The molecular weight excluding hydrogens is 318 g/mol. The standard InChI is InChI=1S/C20H21NO4/c1-13-5-4-6-14(2)19(13)25-12-18(22)21-10-9-15-11-16(20(23)24-3)7-8-17(15)21/h4-8,11H,9-10,12H2,1-3H3. The van der Waals surface area contributed by atoms with E-state index in [1.807, 2.05) is 32.0 Å². The maximum atomic E-state index is 12.6. The monoisotopic (exact) mass is 339 g/mol. The second-order valence-electron chi connectivity index (χ2n) is 6.14. The van der Waals surface area contributed by atoms with Gasteiger partial charge in [-0.05, 0) is 55.2 Å². The zero-order valence-corrected chi connectivity index (χ0v) is 14.7. The molecule has 2 aromatic rings. The summed E-state index contributed by atoms with van der Waals surface area (Å²) < 4.78 is 10.5. The topological polar surface area (TPSA) is 55.8 Å². The van der Waals surface area contributed by atoms with Gasteiger partial charge in [-0.25, -0.2) is 4.79 Å². The zero-order chi connectivity index (χ0) is 18.0. The van der Waals surface area contributed by atoms with E-state index in [9.17, 15) is 9.59 Å². The summed E-state index contributed by atoms with van der Waals surface area (Å²) in [6.07, 6.45) is 0.718. The summed E-state index contributed by atoms with van der Waals surface area (Å²) in [5.74, 6) is 0.300. The molecule has 0 N–H and O–H groups in total. The van der Waals surface area contributed by atoms with E-state index in [0.717, 1.165) is 34.5 Å². The maximum absolute atomic E-state index is 12.6. The zero-order valence-electron chi connectivity index (χ0n) is 14.7. The summed E-state index contributed by atoms with van der Waals surface area (Å²) in [6.45, 7) is 4.51. The van der Waals surface area contributed by atoms with Gasteiger partial charge >= 0.3 is 5.97 Å². The minimum Gasteiger partial charge on any atom is -0.483 e. The van der Waals surface area contributed by atoms with Crippen molar-refractivity contribution in [2.24, 2.45) is 0 Å². The quantitative estimate of drug-likeness (QED) is 0.804. The van der Waals surface area contributed by atoms with Gasteiger partial charge in [-0.15, -0.1) is 0 Å². The fourth-order valence-corrected chi connectivity index (χ4v) is 3.14. The van der Waals surface area contributed by atoms with Crippen molar-refractivity contribution in [1.82, 2.24) is 0 Å². The van der Waals surface area contributed by atoms with Gasteiger partial charge in [0.05, 0.1) is 12.7 Å². The number of hydrogen-bond acceptors (Lipinski definition) is 4. The van der Waals surface area contributed by atoms with Gasteiger partial charge in [-0.1, -0.05) is 18.2 Å². The number of fused-ring (bicyclic) bond motifs is 1. The van der Waals surface area contributed by atoms with E-state index in [-0.39, 0.29) is 18.5 Å². The lowest BCUT2D eigenvalue weighted by atomic mass is 10.1. The molecule has 2 aromatic carbocycles. The predicted octanol–water partition coefficient (Wildman–Crippen LogP) is 3.06. The van der Waals surface area contributed by atoms with Gasteiger partial charge in [0, 0.05) is 12.2 Å². The van der Waals surface area contributed by atoms with Crippen LogP contribution >= 0.6 is 0 Å². The minimum absolute atomic E-state index is 0.0100. The van der Waals surface area contributed by atoms with Crippen molar-refractivity contribution >= 4 is 17.6 Å². The molecule has 3 rings (SSSR count). The highest BCUT2D eigenvalue weighted by molar-refractivity contribution is 5.98. The van der Waals surface area contributed by atoms with Crippen LogP contribution in [-0.2, 0) is 16.0 Å². The van der Waals surface area contributed by atoms with Crippen LogP contribution in [0, 0.1) is 13.8 Å². The van der Waals surface area contributed by atoms with Crippen molar-refractivity contribution in [2.75, 3.05) is 25.2 Å². The lowest BCUT2D eigenvalue weighted by Gasteiger charge is -2.19. The molecular formula is C20H21NO4. The van der Waals surface area contributed by atoms with Crippen LogP contribution in [0.5, 0.6) is 5.75 Å². The van der Waals surface area contributed by atoms with Crippen LogP contribution in [0.15, 0.2) is 36.4 Å². The maximum Gasteiger partial charge on any atom is 0.337 e. The molecule has 0 saturated heterocycles. The van der Waals surface area contributed by atoms with Crippen LogP contribution in [0.3, 0.4) is 0 Å². The van der Waals surface area contributed by atoms with Gasteiger partial charge in [-0.3, -0.25) is 4.79 Å². The van der Waals surface area contributed by atoms with Crippen molar-refractivity contribution in [3.8, 4) is 5.75 Å². The van der Waals surface area contributed by atoms with E-state index >= 15 is 0 Å². The van der Waals surface area contributed by atoms with Crippen LogP contribution in [-0.4, -0.2) is 32.1 Å². The van der Waals surface area contributed by atoms with Crippen molar-refractivity contribution in [3.05, 3.63) is 58.7 Å². The highest BCUT2D eigenvalue weighted by Gasteiger charge is 2.26. The van der Waals surface area contributed by atoms with E-state index in [1.54, 1.807) is 23.1 Å². The Kier molecular flexibility index (Phi) is 4.74.